The maximum Gasteiger partial charge on any atom is 0.191 e. The largest absolute Gasteiger partial charge is 0.389 e. The Morgan fingerprint density at radius 2 is 2.07 bits per heavy atom. The van der Waals surface area contributed by atoms with E-state index < -0.39 is 6.10 Å². The molecule has 1 aromatic carbocycles. The summed E-state index contributed by atoms with van der Waals surface area (Å²) in [5, 5.41) is 17.0. The van der Waals surface area contributed by atoms with Crippen molar-refractivity contribution in [1.29, 1.82) is 0 Å². The van der Waals surface area contributed by atoms with Gasteiger partial charge in [-0.1, -0.05) is 30.3 Å². The summed E-state index contributed by atoms with van der Waals surface area (Å²) in [5.74, 6) is 1.52. The Morgan fingerprint density at radius 1 is 1.28 bits per heavy atom. The monoisotopic (exact) mass is 402 g/mol. The lowest BCUT2D eigenvalue weighted by Crippen LogP contribution is -2.51. The highest BCUT2D eigenvalue weighted by molar-refractivity contribution is 5.80. The van der Waals surface area contributed by atoms with Crippen LogP contribution in [0.2, 0.25) is 0 Å². The third kappa shape index (κ3) is 7.96. The van der Waals surface area contributed by atoms with Gasteiger partial charge in [-0.2, -0.15) is 0 Å². The number of piperidine rings is 1. The Morgan fingerprint density at radius 3 is 2.76 bits per heavy atom. The van der Waals surface area contributed by atoms with Crippen molar-refractivity contribution < 1.29 is 9.84 Å². The average molecular weight is 403 g/mol. The second-order valence-electron chi connectivity index (χ2n) is 8.53. The van der Waals surface area contributed by atoms with Crippen molar-refractivity contribution in [3.05, 3.63) is 35.9 Å². The van der Waals surface area contributed by atoms with Crippen LogP contribution < -0.4 is 10.6 Å². The van der Waals surface area contributed by atoms with Crippen LogP contribution >= 0.6 is 0 Å². The number of aliphatic imine (C=N–C) groups is 1. The van der Waals surface area contributed by atoms with Gasteiger partial charge in [-0.15, -0.1) is 0 Å². The van der Waals surface area contributed by atoms with Crippen molar-refractivity contribution in [1.82, 2.24) is 15.5 Å². The highest BCUT2D eigenvalue weighted by atomic mass is 16.5. The first-order chi connectivity index (χ1) is 14.1. The van der Waals surface area contributed by atoms with Gasteiger partial charge < -0.3 is 20.5 Å². The summed E-state index contributed by atoms with van der Waals surface area (Å²) >= 11 is 0. The molecule has 1 heterocycles. The predicted molar refractivity (Wildman–Crippen MR) is 118 cm³/mol. The topological polar surface area (TPSA) is 69.1 Å². The smallest absolute Gasteiger partial charge is 0.191 e. The summed E-state index contributed by atoms with van der Waals surface area (Å²) in [4.78, 5) is 7.14. The van der Waals surface area contributed by atoms with Gasteiger partial charge >= 0.3 is 0 Å². The van der Waals surface area contributed by atoms with E-state index in [0.717, 1.165) is 51.0 Å². The van der Waals surface area contributed by atoms with Gasteiger partial charge in [-0.05, 0) is 51.0 Å². The quantitative estimate of drug-likeness (QED) is 0.414. The van der Waals surface area contributed by atoms with Crippen LogP contribution in [0.15, 0.2) is 35.3 Å². The standard InChI is InChI=1S/C23H38N4O2/c1-3-24-23(25-14-22(28)17-29-16-20-9-10-20)26-21-11-12-27(18(2)13-21)15-19-7-5-4-6-8-19/h4-8,18,20-22,28H,3,9-17H2,1-2H3,(H2,24,25,26). The summed E-state index contributed by atoms with van der Waals surface area (Å²) in [6.45, 7) is 8.78. The third-order valence-electron chi connectivity index (χ3n) is 5.75. The highest BCUT2D eigenvalue weighted by Crippen LogP contribution is 2.28. The molecule has 2 aliphatic rings. The third-order valence-corrected chi connectivity index (χ3v) is 5.75. The Bertz CT molecular complexity index is 621. The van der Waals surface area contributed by atoms with Crippen molar-refractivity contribution in [2.24, 2.45) is 10.9 Å². The maximum absolute atomic E-state index is 10.1. The first kappa shape index (κ1) is 22.1. The van der Waals surface area contributed by atoms with Gasteiger partial charge in [0.2, 0.25) is 0 Å². The van der Waals surface area contributed by atoms with Gasteiger partial charge in [0.25, 0.3) is 0 Å². The second-order valence-corrected chi connectivity index (χ2v) is 8.53. The fourth-order valence-corrected chi connectivity index (χ4v) is 3.82. The summed E-state index contributed by atoms with van der Waals surface area (Å²) < 4.78 is 5.57. The van der Waals surface area contributed by atoms with E-state index in [0.29, 0.717) is 25.2 Å². The Kier molecular flexibility index (Phi) is 8.77. The number of likely N-dealkylation sites (tertiary alicyclic amines) is 1. The molecule has 3 unspecified atom stereocenters. The normalized spacial score (nSPS) is 24.3. The number of hydrogen-bond donors (Lipinski definition) is 3. The zero-order valence-electron chi connectivity index (χ0n) is 18.0. The van der Waals surface area contributed by atoms with Crippen LogP contribution in [0.5, 0.6) is 0 Å². The van der Waals surface area contributed by atoms with E-state index in [-0.39, 0.29) is 0 Å². The van der Waals surface area contributed by atoms with Gasteiger partial charge in [-0.3, -0.25) is 9.89 Å². The molecule has 0 aromatic heterocycles. The number of hydrogen-bond acceptors (Lipinski definition) is 4. The molecule has 1 saturated heterocycles. The molecule has 0 spiro atoms. The molecule has 0 bridgehead atoms. The van der Waals surface area contributed by atoms with Gasteiger partial charge in [-0.25, -0.2) is 0 Å². The zero-order chi connectivity index (χ0) is 20.5. The van der Waals surface area contributed by atoms with Gasteiger partial charge in [0.15, 0.2) is 5.96 Å². The summed E-state index contributed by atoms with van der Waals surface area (Å²) in [6.07, 6.45) is 4.17. The molecule has 1 saturated carbocycles. The van der Waals surface area contributed by atoms with Crippen LogP contribution in [0.25, 0.3) is 0 Å². The lowest BCUT2D eigenvalue weighted by Gasteiger charge is -2.38. The minimum atomic E-state index is -0.546. The predicted octanol–water partition coefficient (Wildman–Crippen LogP) is 2.38. The SMILES string of the molecule is CCNC(=NCC(O)COCC1CC1)NC1CCN(Cc2ccccc2)C(C)C1. The van der Waals surface area contributed by atoms with Crippen molar-refractivity contribution in [3.63, 3.8) is 0 Å². The molecule has 3 rings (SSSR count). The van der Waals surface area contributed by atoms with E-state index in [1.165, 1.54) is 18.4 Å². The van der Waals surface area contributed by atoms with E-state index >= 15 is 0 Å². The van der Waals surface area contributed by atoms with Crippen LogP contribution in [-0.2, 0) is 11.3 Å². The maximum atomic E-state index is 10.1. The first-order valence-corrected chi connectivity index (χ1v) is 11.2. The molecule has 162 valence electrons. The number of benzene rings is 1. The van der Waals surface area contributed by atoms with Crippen molar-refractivity contribution in [2.75, 3.05) is 32.8 Å². The lowest BCUT2D eigenvalue weighted by atomic mass is 9.97. The Labute approximate surface area is 175 Å². The lowest BCUT2D eigenvalue weighted by molar-refractivity contribution is 0.0368. The number of guanidine groups is 1. The average Bonchev–Trinajstić information content (AvgIpc) is 3.54. The first-order valence-electron chi connectivity index (χ1n) is 11.2. The number of rotatable bonds is 10. The van der Waals surface area contributed by atoms with E-state index in [9.17, 15) is 5.11 Å². The highest BCUT2D eigenvalue weighted by Gasteiger charge is 2.26. The molecule has 6 heteroatoms. The molecule has 1 aromatic rings. The molecule has 6 nitrogen and oxygen atoms in total. The fourth-order valence-electron chi connectivity index (χ4n) is 3.82. The van der Waals surface area contributed by atoms with E-state index in [1.807, 2.05) is 0 Å². The summed E-state index contributed by atoms with van der Waals surface area (Å²) in [5.41, 5.74) is 1.37. The number of aliphatic hydroxyl groups excluding tert-OH is 1. The van der Waals surface area contributed by atoms with E-state index in [2.05, 4.69) is 64.7 Å². The molecular formula is C23H38N4O2. The summed E-state index contributed by atoms with van der Waals surface area (Å²) in [6, 6.07) is 11.6. The number of nitrogens with zero attached hydrogens (tertiary/aromatic N) is 2. The van der Waals surface area contributed by atoms with E-state index in [4.69, 9.17) is 4.74 Å². The van der Waals surface area contributed by atoms with Crippen molar-refractivity contribution in [3.8, 4) is 0 Å². The molecule has 29 heavy (non-hydrogen) atoms. The molecule has 2 fully saturated rings. The molecule has 3 atom stereocenters. The van der Waals surface area contributed by atoms with E-state index in [1.54, 1.807) is 0 Å². The number of aliphatic hydroxyl groups is 1. The fraction of sp³-hybridized carbons (Fsp3) is 0.696. The number of nitrogens with one attached hydrogen (secondary N) is 2. The van der Waals surface area contributed by atoms with Crippen LogP contribution in [-0.4, -0.2) is 67.0 Å². The van der Waals surface area contributed by atoms with Gasteiger partial charge in [0, 0.05) is 38.3 Å². The number of ether oxygens (including phenoxy) is 1. The van der Waals surface area contributed by atoms with Crippen LogP contribution in [0.1, 0.15) is 45.1 Å². The molecule has 1 aliphatic carbocycles. The van der Waals surface area contributed by atoms with Crippen LogP contribution in [0, 0.1) is 5.92 Å². The van der Waals surface area contributed by atoms with Gasteiger partial charge in [0.05, 0.1) is 19.3 Å². The van der Waals surface area contributed by atoms with Crippen LogP contribution in [0.4, 0.5) is 0 Å². The van der Waals surface area contributed by atoms with Gasteiger partial charge in [0.1, 0.15) is 0 Å². The zero-order valence-corrected chi connectivity index (χ0v) is 18.0. The second kappa shape index (κ2) is 11.5. The minimum absolute atomic E-state index is 0.363. The van der Waals surface area contributed by atoms with Crippen LogP contribution in [0.3, 0.4) is 0 Å². The Balaban J connectivity index is 1.42. The summed E-state index contributed by atoms with van der Waals surface area (Å²) in [7, 11) is 0. The van der Waals surface area contributed by atoms with Crippen molar-refractivity contribution in [2.45, 2.75) is 64.3 Å². The Hall–Kier alpha value is -1.63. The molecule has 0 radical (unpaired) electrons. The molecular weight excluding hydrogens is 364 g/mol. The minimum Gasteiger partial charge on any atom is -0.389 e. The molecule has 0 amide bonds. The molecule has 3 N–H and O–H groups in total. The van der Waals surface area contributed by atoms with Crippen molar-refractivity contribution >= 4 is 5.96 Å². The molecule has 1 aliphatic heterocycles.